The highest BCUT2D eigenvalue weighted by Crippen LogP contribution is 2.37. The Morgan fingerprint density at radius 1 is 0.769 bits per heavy atom. The minimum absolute atomic E-state index is 0.383. The summed E-state index contributed by atoms with van der Waals surface area (Å²) in [6.45, 7) is 0. The zero-order chi connectivity index (χ0) is 18.6. The topological polar surface area (TPSA) is 55.8 Å². The van der Waals surface area contributed by atoms with Crippen molar-refractivity contribution in [2.45, 2.75) is 5.60 Å². The fourth-order valence-corrected chi connectivity index (χ4v) is 2.92. The van der Waals surface area contributed by atoms with Crippen molar-refractivity contribution in [3.05, 3.63) is 95.6 Å². The summed E-state index contributed by atoms with van der Waals surface area (Å²) in [4.78, 5) is 13.3. The smallest absolute Gasteiger partial charge is 0.203 e. The van der Waals surface area contributed by atoms with Crippen LogP contribution in [0.25, 0.3) is 0 Å². The number of hydrogen-bond donors (Lipinski definition) is 1. The third-order valence-corrected chi connectivity index (χ3v) is 4.33. The summed E-state index contributed by atoms with van der Waals surface area (Å²) in [7, 11) is 3.05. The summed E-state index contributed by atoms with van der Waals surface area (Å²) in [5, 5.41) is 11.7. The van der Waals surface area contributed by atoms with Gasteiger partial charge in [-0.3, -0.25) is 4.79 Å². The van der Waals surface area contributed by atoms with Gasteiger partial charge in [0.05, 0.1) is 14.2 Å². The Labute approximate surface area is 152 Å². The molecule has 3 aromatic rings. The highest BCUT2D eigenvalue weighted by Gasteiger charge is 2.41. The van der Waals surface area contributed by atoms with E-state index in [4.69, 9.17) is 9.47 Å². The average Bonchev–Trinajstić information content (AvgIpc) is 2.73. The Hall–Kier alpha value is -3.11. The van der Waals surface area contributed by atoms with Crippen molar-refractivity contribution < 1.29 is 19.4 Å². The number of ketones is 1. The molecule has 0 heterocycles. The van der Waals surface area contributed by atoms with Gasteiger partial charge in [0, 0.05) is 17.2 Å². The minimum Gasteiger partial charge on any atom is -0.497 e. The van der Waals surface area contributed by atoms with Crippen LogP contribution in [0.4, 0.5) is 0 Å². The number of Topliss-reactive ketones (excluding diaryl/α,β-unsaturated/α-hetero) is 1. The van der Waals surface area contributed by atoms with Crippen molar-refractivity contribution >= 4 is 5.78 Å². The molecule has 0 aromatic heterocycles. The van der Waals surface area contributed by atoms with Gasteiger partial charge in [-0.1, -0.05) is 60.7 Å². The largest absolute Gasteiger partial charge is 0.497 e. The average molecular weight is 348 g/mol. The molecule has 0 spiro atoms. The molecule has 0 aliphatic rings. The molecular formula is C22H20O4. The van der Waals surface area contributed by atoms with Gasteiger partial charge in [0.15, 0.2) is 5.60 Å². The van der Waals surface area contributed by atoms with Crippen LogP contribution in [0, 0.1) is 0 Å². The van der Waals surface area contributed by atoms with Gasteiger partial charge in [-0.05, 0) is 17.7 Å². The number of methoxy groups -OCH3 is 2. The van der Waals surface area contributed by atoms with E-state index in [1.165, 1.54) is 14.2 Å². The number of carbonyl (C=O) groups is 1. The van der Waals surface area contributed by atoms with Crippen LogP contribution in [0.2, 0.25) is 0 Å². The molecule has 0 fully saturated rings. The lowest BCUT2D eigenvalue weighted by atomic mass is 9.80. The minimum atomic E-state index is -1.87. The molecule has 1 atom stereocenters. The number of benzene rings is 3. The van der Waals surface area contributed by atoms with Gasteiger partial charge < -0.3 is 14.6 Å². The third-order valence-electron chi connectivity index (χ3n) is 4.33. The summed E-state index contributed by atoms with van der Waals surface area (Å²) in [5.41, 5.74) is -0.594. The number of ether oxygens (including phenoxy) is 2. The first-order chi connectivity index (χ1) is 12.6. The first kappa shape index (κ1) is 17.7. The summed E-state index contributed by atoms with van der Waals surface area (Å²) < 4.78 is 10.6. The molecule has 1 unspecified atom stereocenters. The molecule has 1 N–H and O–H groups in total. The Balaban J connectivity index is 2.24. The first-order valence-electron chi connectivity index (χ1n) is 8.21. The van der Waals surface area contributed by atoms with E-state index in [-0.39, 0.29) is 0 Å². The predicted molar refractivity (Wildman–Crippen MR) is 99.8 cm³/mol. The second kappa shape index (κ2) is 7.42. The van der Waals surface area contributed by atoms with Crippen LogP contribution in [0.3, 0.4) is 0 Å². The number of rotatable bonds is 6. The quantitative estimate of drug-likeness (QED) is 0.688. The van der Waals surface area contributed by atoms with Gasteiger partial charge in [-0.15, -0.1) is 0 Å². The van der Waals surface area contributed by atoms with Crippen LogP contribution in [0.15, 0.2) is 78.9 Å². The molecule has 132 valence electrons. The van der Waals surface area contributed by atoms with Gasteiger partial charge in [0.1, 0.15) is 11.5 Å². The van der Waals surface area contributed by atoms with Gasteiger partial charge in [-0.2, -0.15) is 0 Å². The fraction of sp³-hybridized carbons (Fsp3) is 0.136. The van der Waals surface area contributed by atoms with Gasteiger partial charge in [-0.25, -0.2) is 0 Å². The molecule has 4 nitrogen and oxygen atoms in total. The van der Waals surface area contributed by atoms with Crippen molar-refractivity contribution in [3.8, 4) is 11.5 Å². The van der Waals surface area contributed by atoms with Crippen LogP contribution in [-0.4, -0.2) is 25.1 Å². The highest BCUT2D eigenvalue weighted by molar-refractivity contribution is 6.05. The van der Waals surface area contributed by atoms with Crippen molar-refractivity contribution in [2.24, 2.45) is 0 Å². The van der Waals surface area contributed by atoms with E-state index in [2.05, 4.69) is 0 Å². The number of carbonyl (C=O) groups excluding carboxylic acids is 1. The summed E-state index contributed by atoms with van der Waals surface area (Å²) in [6, 6.07) is 22.6. The molecule has 0 aliphatic heterocycles. The zero-order valence-corrected chi connectivity index (χ0v) is 14.7. The lowest BCUT2D eigenvalue weighted by molar-refractivity contribution is 0.0486. The van der Waals surface area contributed by atoms with Crippen molar-refractivity contribution in [2.75, 3.05) is 14.2 Å². The normalized spacial score (nSPS) is 12.9. The lowest BCUT2D eigenvalue weighted by Gasteiger charge is -2.28. The Morgan fingerprint density at radius 3 is 1.77 bits per heavy atom. The maximum Gasteiger partial charge on any atom is 0.203 e. The molecular weight excluding hydrogens is 328 g/mol. The van der Waals surface area contributed by atoms with Crippen LogP contribution in [-0.2, 0) is 5.60 Å². The molecule has 4 heteroatoms. The predicted octanol–water partition coefficient (Wildman–Crippen LogP) is 3.82. The van der Waals surface area contributed by atoms with E-state index < -0.39 is 11.4 Å². The zero-order valence-electron chi connectivity index (χ0n) is 14.7. The Kier molecular flexibility index (Phi) is 5.05. The maximum absolute atomic E-state index is 13.3. The first-order valence-corrected chi connectivity index (χ1v) is 8.21. The van der Waals surface area contributed by atoms with Crippen LogP contribution < -0.4 is 9.47 Å². The molecule has 26 heavy (non-hydrogen) atoms. The summed E-state index contributed by atoms with van der Waals surface area (Å²) in [5.74, 6) is 0.573. The lowest BCUT2D eigenvalue weighted by Crippen LogP contribution is -2.37. The highest BCUT2D eigenvalue weighted by atomic mass is 16.5. The molecule has 0 saturated carbocycles. The molecule has 0 amide bonds. The fourth-order valence-electron chi connectivity index (χ4n) is 2.92. The monoisotopic (exact) mass is 348 g/mol. The second-order valence-corrected chi connectivity index (χ2v) is 5.87. The number of aliphatic hydroxyl groups is 1. The van der Waals surface area contributed by atoms with E-state index in [1.807, 2.05) is 12.1 Å². The molecule has 0 aliphatic carbocycles. The molecule has 0 saturated heterocycles. The SMILES string of the molecule is COc1cc(OC)cc(C(O)(C(=O)c2ccccc2)c2ccccc2)c1. The molecule has 3 rings (SSSR count). The van der Waals surface area contributed by atoms with E-state index in [1.54, 1.807) is 66.7 Å². The standard InChI is InChI=1S/C22H20O4/c1-25-19-13-18(14-20(15-19)26-2)22(24,17-11-7-4-8-12-17)21(23)16-9-5-3-6-10-16/h3-15,24H,1-2H3. The maximum atomic E-state index is 13.3. The second-order valence-electron chi connectivity index (χ2n) is 5.87. The molecule has 0 radical (unpaired) electrons. The van der Waals surface area contributed by atoms with Crippen molar-refractivity contribution in [1.82, 2.24) is 0 Å². The molecule has 0 bridgehead atoms. The molecule has 3 aromatic carbocycles. The van der Waals surface area contributed by atoms with E-state index >= 15 is 0 Å². The van der Waals surface area contributed by atoms with Gasteiger partial charge in [0.2, 0.25) is 5.78 Å². The Morgan fingerprint density at radius 2 is 1.27 bits per heavy atom. The van der Waals surface area contributed by atoms with Crippen LogP contribution in [0.5, 0.6) is 11.5 Å². The third kappa shape index (κ3) is 3.19. The van der Waals surface area contributed by atoms with Gasteiger partial charge in [0.25, 0.3) is 0 Å². The summed E-state index contributed by atoms with van der Waals surface area (Å²) >= 11 is 0. The summed E-state index contributed by atoms with van der Waals surface area (Å²) in [6.07, 6.45) is 0. The van der Waals surface area contributed by atoms with Crippen molar-refractivity contribution in [1.29, 1.82) is 0 Å². The van der Waals surface area contributed by atoms with Crippen LogP contribution in [0.1, 0.15) is 21.5 Å². The van der Waals surface area contributed by atoms with Crippen molar-refractivity contribution in [3.63, 3.8) is 0 Å². The Bertz CT molecular complexity index is 868. The van der Waals surface area contributed by atoms with Gasteiger partial charge >= 0.3 is 0 Å². The number of hydrogen-bond acceptors (Lipinski definition) is 4. The van der Waals surface area contributed by atoms with E-state index in [9.17, 15) is 9.90 Å². The van der Waals surface area contributed by atoms with E-state index in [0.29, 0.717) is 28.2 Å². The van der Waals surface area contributed by atoms with Crippen LogP contribution >= 0.6 is 0 Å². The van der Waals surface area contributed by atoms with E-state index in [0.717, 1.165) is 0 Å².